The zero-order valence-corrected chi connectivity index (χ0v) is 8.85. The van der Waals surface area contributed by atoms with Crippen LogP contribution in [0.1, 0.15) is 34.1 Å². The summed E-state index contributed by atoms with van der Waals surface area (Å²) in [5.41, 5.74) is 6.98. The molecule has 2 unspecified atom stereocenters. The molecule has 2 heteroatoms. The second kappa shape index (κ2) is 4.63. The highest BCUT2D eigenvalue weighted by Crippen LogP contribution is 2.19. The van der Waals surface area contributed by atoms with E-state index in [-0.39, 0.29) is 11.6 Å². The van der Waals surface area contributed by atoms with Gasteiger partial charge in [0.2, 0.25) is 0 Å². The molecule has 0 amide bonds. The van der Waals surface area contributed by atoms with E-state index in [4.69, 9.17) is 10.5 Å². The van der Waals surface area contributed by atoms with Crippen molar-refractivity contribution in [3.63, 3.8) is 0 Å². The lowest BCUT2D eigenvalue weighted by Gasteiger charge is -2.31. The van der Waals surface area contributed by atoms with E-state index in [0.717, 1.165) is 6.42 Å². The molecule has 0 saturated carbocycles. The van der Waals surface area contributed by atoms with E-state index in [9.17, 15) is 0 Å². The molecule has 72 valence electrons. The van der Waals surface area contributed by atoms with Gasteiger partial charge in [-0.05, 0) is 27.2 Å². The Morgan fingerprint density at radius 2 is 2.08 bits per heavy atom. The molecular formula is C10H21NO. The smallest absolute Gasteiger partial charge is 0.0834 e. The van der Waals surface area contributed by atoms with E-state index in [1.54, 1.807) is 7.11 Å². The Hall–Kier alpha value is -0.340. The van der Waals surface area contributed by atoms with Crippen molar-refractivity contribution in [1.29, 1.82) is 0 Å². The monoisotopic (exact) mass is 171 g/mol. The highest BCUT2D eigenvalue weighted by Gasteiger charge is 2.27. The topological polar surface area (TPSA) is 35.2 Å². The second-order valence-corrected chi connectivity index (χ2v) is 3.64. The standard InChI is InChI=1S/C10H21NO/c1-6-10(4,12-5)9(11)7-8(2)3/h7,9H,6,11H2,1-5H3. The van der Waals surface area contributed by atoms with Gasteiger partial charge in [0, 0.05) is 7.11 Å². The van der Waals surface area contributed by atoms with Crippen molar-refractivity contribution < 1.29 is 4.74 Å². The molecule has 0 radical (unpaired) electrons. The first-order valence-corrected chi connectivity index (χ1v) is 4.42. The van der Waals surface area contributed by atoms with Crippen molar-refractivity contribution in [1.82, 2.24) is 0 Å². The highest BCUT2D eigenvalue weighted by atomic mass is 16.5. The van der Waals surface area contributed by atoms with Crippen LogP contribution in [0.3, 0.4) is 0 Å². The van der Waals surface area contributed by atoms with Crippen molar-refractivity contribution in [2.24, 2.45) is 5.73 Å². The lowest BCUT2D eigenvalue weighted by Crippen LogP contribution is -2.45. The van der Waals surface area contributed by atoms with Gasteiger partial charge in [0.1, 0.15) is 0 Å². The Balaban J connectivity index is 4.42. The summed E-state index contributed by atoms with van der Waals surface area (Å²) < 4.78 is 5.38. The molecule has 0 aliphatic carbocycles. The molecule has 0 aliphatic heterocycles. The van der Waals surface area contributed by atoms with Crippen molar-refractivity contribution in [3.05, 3.63) is 11.6 Å². The zero-order chi connectivity index (χ0) is 9.78. The quantitative estimate of drug-likeness (QED) is 0.657. The largest absolute Gasteiger partial charge is 0.377 e. The van der Waals surface area contributed by atoms with Gasteiger partial charge in [-0.1, -0.05) is 18.6 Å². The van der Waals surface area contributed by atoms with Gasteiger partial charge < -0.3 is 10.5 Å². The third-order valence-corrected chi connectivity index (χ3v) is 2.39. The summed E-state index contributed by atoms with van der Waals surface area (Å²) in [6, 6.07) is -0.0162. The molecule has 0 aromatic heterocycles. The van der Waals surface area contributed by atoms with Gasteiger partial charge in [-0.3, -0.25) is 0 Å². The van der Waals surface area contributed by atoms with Gasteiger partial charge >= 0.3 is 0 Å². The molecule has 2 atom stereocenters. The van der Waals surface area contributed by atoms with Gasteiger partial charge in [0.15, 0.2) is 0 Å². The van der Waals surface area contributed by atoms with Crippen LogP contribution < -0.4 is 5.73 Å². The maximum atomic E-state index is 5.97. The summed E-state index contributed by atoms with van der Waals surface area (Å²) in [6.45, 7) is 8.22. The molecule has 0 bridgehead atoms. The maximum Gasteiger partial charge on any atom is 0.0834 e. The first-order valence-electron chi connectivity index (χ1n) is 4.42. The summed E-state index contributed by atoms with van der Waals surface area (Å²) in [5, 5.41) is 0. The normalized spacial score (nSPS) is 18.2. The highest BCUT2D eigenvalue weighted by molar-refractivity contribution is 5.06. The van der Waals surface area contributed by atoms with E-state index in [1.165, 1.54) is 5.57 Å². The lowest BCUT2D eigenvalue weighted by atomic mass is 9.92. The van der Waals surface area contributed by atoms with E-state index in [1.807, 2.05) is 26.8 Å². The second-order valence-electron chi connectivity index (χ2n) is 3.64. The third-order valence-electron chi connectivity index (χ3n) is 2.39. The number of rotatable bonds is 4. The lowest BCUT2D eigenvalue weighted by molar-refractivity contribution is -0.00727. The summed E-state index contributed by atoms with van der Waals surface area (Å²) in [5.74, 6) is 0. The molecule has 0 heterocycles. The van der Waals surface area contributed by atoms with Crippen LogP contribution in [0.4, 0.5) is 0 Å². The number of ether oxygens (including phenoxy) is 1. The average Bonchev–Trinajstić information content (AvgIpc) is 2.02. The SMILES string of the molecule is CCC(C)(OC)C(N)C=C(C)C. The van der Waals surface area contributed by atoms with Gasteiger partial charge in [0.05, 0.1) is 11.6 Å². The molecule has 2 nitrogen and oxygen atoms in total. The van der Waals surface area contributed by atoms with Crippen LogP contribution in [0.25, 0.3) is 0 Å². The van der Waals surface area contributed by atoms with E-state index in [0.29, 0.717) is 0 Å². The summed E-state index contributed by atoms with van der Waals surface area (Å²) >= 11 is 0. The molecular weight excluding hydrogens is 150 g/mol. The number of nitrogens with two attached hydrogens (primary N) is 1. The Labute approximate surface area is 75.8 Å². The van der Waals surface area contributed by atoms with Crippen LogP contribution in [0.2, 0.25) is 0 Å². The van der Waals surface area contributed by atoms with Crippen LogP contribution in [0, 0.1) is 0 Å². The number of allylic oxidation sites excluding steroid dienone is 1. The molecule has 0 aromatic rings. The van der Waals surface area contributed by atoms with Crippen LogP contribution >= 0.6 is 0 Å². The molecule has 0 aromatic carbocycles. The molecule has 0 aliphatic rings. The molecule has 0 spiro atoms. The minimum absolute atomic E-state index is 0.0162. The van der Waals surface area contributed by atoms with Gasteiger partial charge in [-0.25, -0.2) is 0 Å². The molecule has 0 rings (SSSR count). The fourth-order valence-corrected chi connectivity index (χ4v) is 1.05. The summed E-state index contributed by atoms with van der Waals surface area (Å²) in [7, 11) is 1.71. The zero-order valence-electron chi connectivity index (χ0n) is 8.85. The molecule has 0 saturated heterocycles. The van der Waals surface area contributed by atoms with Gasteiger partial charge in [0.25, 0.3) is 0 Å². The Bertz CT molecular complexity index is 155. The van der Waals surface area contributed by atoms with Crippen molar-refractivity contribution in [2.45, 2.75) is 45.8 Å². The first kappa shape index (κ1) is 11.7. The van der Waals surface area contributed by atoms with Crippen molar-refractivity contribution in [3.8, 4) is 0 Å². The summed E-state index contributed by atoms with van der Waals surface area (Å²) in [4.78, 5) is 0. The molecule has 2 N–H and O–H groups in total. The van der Waals surface area contributed by atoms with Crippen LogP contribution in [-0.2, 0) is 4.74 Å². The average molecular weight is 171 g/mol. The van der Waals surface area contributed by atoms with Gasteiger partial charge in [-0.2, -0.15) is 0 Å². The van der Waals surface area contributed by atoms with Crippen LogP contribution in [-0.4, -0.2) is 18.8 Å². The van der Waals surface area contributed by atoms with Crippen molar-refractivity contribution >= 4 is 0 Å². The Morgan fingerprint density at radius 1 is 1.58 bits per heavy atom. The van der Waals surface area contributed by atoms with E-state index < -0.39 is 0 Å². The van der Waals surface area contributed by atoms with E-state index in [2.05, 4.69) is 6.92 Å². The summed E-state index contributed by atoms with van der Waals surface area (Å²) in [6.07, 6.45) is 2.97. The third kappa shape index (κ3) is 2.95. The predicted molar refractivity (Wildman–Crippen MR) is 53.1 cm³/mol. The fourth-order valence-electron chi connectivity index (χ4n) is 1.05. The van der Waals surface area contributed by atoms with Crippen LogP contribution in [0.15, 0.2) is 11.6 Å². The Morgan fingerprint density at radius 3 is 2.33 bits per heavy atom. The number of hydrogen-bond acceptors (Lipinski definition) is 2. The number of methoxy groups -OCH3 is 1. The van der Waals surface area contributed by atoms with Crippen molar-refractivity contribution in [2.75, 3.05) is 7.11 Å². The minimum Gasteiger partial charge on any atom is -0.377 e. The first-order chi connectivity index (χ1) is 5.46. The molecule has 0 fully saturated rings. The number of hydrogen-bond donors (Lipinski definition) is 1. The van der Waals surface area contributed by atoms with Crippen LogP contribution in [0.5, 0.6) is 0 Å². The molecule has 12 heavy (non-hydrogen) atoms. The van der Waals surface area contributed by atoms with Gasteiger partial charge in [-0.15, -0.1) is 0 Å². The predicted octanol–water partition coefficient (Wildman–Crippen LogP) is 2.09. The minimum atomic E-state index is -0.225. The van der Waals surface area contributed by atoms with E-state index >= 15 is 0 Å². The fraction of sp³-hybridized carbons (Fsp3) is 0.800. The maximum absolute atomic E-state index is 5.97. The Kier molecular flexibility index (Phi) is 4.50.